The van der Waals surface area contributed by atoms with Gasteiger partial charge in [-0.05, 0) is 60.5 Å². The number of nitrogens with zero attached hydrogens (tertiary/aromatic N) is 2. The number of nitrogens with one attached hydrogen (secondary N) is 2. The molecule has 0 aromatic rings. The van der Waals surface area contributed by atoms with Gasteiger partial charge in [0.25, 0.3) is 0 Å². The second-order valence-corrected chi connectivity index (χ2v) is 10.9. The fraction of sp³-hybridized carbons (Fsp3) is 1.00. The van der Waals surface area contributed by atoms with Gasteiger partial charge < -0.3 is 36.6 Å². The summed E-state index contributed by atoms with van der Waals surface area (Å²) >= 11 is 0. The van der Waals surface area contributed by atoms with Crippen LogP contribution in [-0.2, 0) is 0 Å². The molecule has 0 bridgehead atoms. The fourth-order valence-electron chi connectivity index (χ4n) is 4.57. The third-order valence-electron chi connectivity index (χ3n) is 7.74. The maximum atomic E-state index is 8.48. The molecular weight excluding hydrogens is 442 g/mol. The van der Waals surface area contributed by atoms with Gasteiger partial charge in [0, 0.05) is 56.4 Å². The Morgan fingerprint density at radius 2 is 1.20 bits per heavy atom. The largest absolute Gasteiger partial charge is 0.395 e. The molecule has 0 heterocycles. The van der Waals surface area contributed by atoms with Gasteiger partial charge in [0.15, 0.2) is 0 Å². The van der Waals surface area contributed by atoms with Crippen molar-refractivity contribution in [1.82, 2.24) is 20.4 Å². The van der Waals surface area contributed by atoms with Gasteiger partial charge in [-0.2, -0.15) is 0 Å². The van der Waals surface area contributed by atoms with Crippen LogP contribution >= 0.6 is 0 Å². The Kier molecular flexibility index (Phi) is 21.5. The molecule has 2 aliphatic carbocycles. The molecule has 0 radical (unpaired) electrons. The summed E-state index contributed by atoms with van der Waals surface area (Å²) in [5, 5.41) is 32.7. The number of hydrogen-bond donors (Lipinski definition) is 6. The van der Waals surface area contributed by atoms with Crippen LogP contribution in [0.25, 0.3) is 0 Å². The van der Waals surface area contributed by atoms with Crippen molar-refractivity contribution in [2.24, 2.45) is 5.73 Å². The van der Waals surface area contributed by atoms with E-state index in [-0.39, 0.29) is 25.4 Å². The molecule has 0 aromatic carbocycles. The van der Waals surface area contributed by atoms with Crippen molar-refractivity contribution in [1.29, 1.82) is 0 Å². The van der Waals surface area contributed by atoms with E-state index in [4.69, 9.17) is 21.1 Å². The summed E-state index contributed by atoms with van der Waals surface area (Å²) in [5.41, 5.74) is 5.60. The second kappa shape index (κ2) is 21.7. The molecule has 1 unspecified atom stereocenters. The van der Waals surface area contributed by atoms with Crippen molar-refractivity contribution in [3.63, 3.8) is 0 Å². The van der Waals surface area contributed by atoms with Crippen molar-refractivity contribution >= 4 is 0 Å². The Bertz CT molecular complexity index is 426. The van der Waals surface area contributed by atoms with E-state index in [1.807, 2.05) is 0 Å². The average Bonchev–Trinajstić information content (AvgIpc) is 2.85. The number of rotatable bonds is 13. The highest BCUT2D eigenvalue weighted by Crippen LogP contribution is 2.22. The standard InChI is InChI=1S/C12H23N.C9H23N3.C6H15NO3/c1-3-7-11(8-4-1)13-12-9-5-2-6-10-12;1-8(11-7-6-10)9(2,3)12(4)5;8-4-1-7(2-5-9)3-6-10/h11-13H,1-10H2;8,11H,6-7,10H2,1-5H3;8-10H,1-6H2. The predicted molar refractivity (Wildman–Crippen MR) is 149 cm³/mol. The van der Waals surface area contributed by atoms with Gasteiger partial charge >= 0.3 is 0 Å². The van der Waals surface area contributed by atoms with E-state index in [1.54, 1.807) is 4.90 Å². The van der Waals surface area contributed by atoms with Crippen LogP contribution in [0, 0.1) is 0 Å². The highest BCUT2D eigenvalue weighted by molar-refractivity contribution is 4.88. The van der Waals surface area contributed by atoms with Gasteiger partial charge in [-0.25, -0.2) is 0 Å². The molecule has 0 spiro atoms. The second-order valence-electron chi connectivity index (χ2n) is 10.9. The number of hydrogen-bond acceptors (Lipinski definition) is 8. The van der Waals surface area contributed by atoms with Crippen LogP contribution in [-0.4, -0.2) is 115 Å². The third-order valence-corrected chi connectivity index (χ3v) is 7.74. The van der Waals surface area contributed by atoms with E-state index >= 15 is 0 Å². The maximum Gasteiger partial charge on any atom is 0.0558 e. The highest BCUT2D eigenvalue weighted by atomic mass is 16.3. The molecule has 0 aromatic heterocycles. The van der Waals surface area contributed by atoms with Crippen LogP contribution < -0.4 is 16.4 Å². The molecule has 2 saturated carbocycles. The molecule has 0 amide bonds. The first-order valence-corrected chi connectivity index (χ1v) is 14.1. The molecule has 212 valence electrons. The quantitative estimate of drug-likeness (QED) is 0.225. The molecule has 2 fully saturated rings. The number of nitrogens with two attached hydrogens (primary N) is 1. The van der Waals surface area contributed by atoms with Crippen molar-refractivity contribution in [2.75, 3.05) is 66.6 Å². The van der Waals surface area contributed by atoms with Crippen LogP contribution in [0.1, 0.15) is 85.0 Å². The number of likely N-dealkylation sites (N-methyl/N-ethyl adjacent to an activating group) is 1. The number of aliphatic hydroxyl groups is 3. The van der Waals surface area contributed by atoms with Crippen LogP contribution in [0.2, 0.25) is 0 Å². The summed E-state index contributed by atoms with van der Waals surface area (Å²) in [6, 6.07) is 2.20. The summed E-state index contributed by atoms with van der Waals surface area (Å²) in [6.45, 7) is 9.98. The molecule has 0 saturated heterocycles. The summed E-state index contributed by atoms with van der Waals surface area (Å²) in [5.74, 6) is 0. The zero-order valence-corrected chi connectivity index (χ0v) is 23.8. The molecule has 7 N–H and O–H groups in total. The summed E-state index contributed by atoms with van der Waals surface area (Å²) < 4.78 is 0. The lowest BCUT2D eigenvalue weighted by Crippen LogP contribution is -2.54. The SMILES string of the molecule is C1CCC(NC2CCCCC2)CC1.CC(NCCN)C(C)(C)N(C)C.OCCN(CCO)CCO. The molecule has 2 aliphatic rings. The smallest absolute Gasteiger partial charge is 0.0558 e. The Labute approximate surface area is 217 Å². The molecular formula is C27H61N5O3. The minimum atomic E-state index is 0.0694. The van der Waals surface area contributed by atoms with E-state index in [9.17, 15) is 0 Å². The lowest BCUT2D eigenvalue weighted by Gasteiger charge is -2.38. The van der Waals surface area contributed by atoms with Gasteiger partial charge in [0.1, 0.15) is 0 Å². The van der Waals surface area contributed by atoms with Crippen LogP contribution in [0.15, 0.2) is 0 Å². The van der Waals surface area contributed by atoms with Crippen molar-refractivity contribution in [3.8, 4) is 0 Å². The highest BCUT2D eigenvalue weighted by Gasteiger charge is 2.27. The molecule has 8 nitrogen and oxygen atoms in total. The molecule has 0 aliphatic heterocycles. The monoisotopic (exact) mass is 503 g/mol. The Morgan fingerprint density at radius 1 is 0.800 bits per heavy atom. The summed E-state index contributed by atoms with van der Waals surface area (Å²) in [7, 11) is 4.20. The Balaban J connectivity index is 0.000000501. The van der Waals surface area contributed by atoms with E-state index in [0.29, 0.717) is 32.2 Å². The first-order valence-electron chi connectivity index (χ1n) is 14.1. The average molecular weight is 504 g/mol. The molecule has 1 atom stereocenters. The molecule has 2 rings (SSSR count). The zero-order chi connectivity index (χ0) is 26.5. The minimum Gasteiger partial charge on any atom is -0.395 e. The normalized spacial score (nSPS) is 18.6. The topological polar surface area (TPSA) is 117 Å². The lowest BCUT2D eigenvalue weighted by molar-refractivity contribution is 0.136. The van der Waals surface area contributed by atoms with E-state index in [2.05, 4.69) is 50.4 Å². The van der Waals surface area contributed by atoms with Gasteiger partial charge in [-0.15, -0.1) is 0 Å². The molecule has 35 heavy (non-hydrogen) atoms. The van der Waals surface area contributed by atoms with E-state index in [0.717, 1.165) is 18.6 Å². The van der Waals surface area contributed by atoms with Gasteiger partial charge in [0.05, 0.1) is 19.8 Å². The van der Waals surface area contributed by atoms with Crippen molar-refractivity contribution in [2.45, 2.75) is 109 Å². The van der Waals surface area contributed by atoms with Gasteiger partial charge in [0.2, 0.25) is 0 Å². The number of aliphatic hydroxyl groups excluding tert-OH is 3. The van der Waals surface area contributed by atoms with E-state index in [1.165, 1.54) is 64.2 Å². The summed E-state index contributed by atoms with van der Waals surface area (Å²) in [4.78, 5) is 4.02. The summed E-state index contributed by atoms with van der Waals surface area (Å²) in [6.07, 6.45) is 14.6. The maximum absolute atomic E-state index is 8.48. The van der Waals surface area contributed by atoms with Crippen LogP contribution in [0.4, 0.5) is 0 Å². The van der Waals surface area contributed by atoms with Gasteiger partial charge in [-0.1, -0.05) is 38.5 Å². The van der Waals surface area contributed by atoms with Crippen LogP contribution in [0.5, 0.6) is 0 Å². The lowest BCUT2D eigenvalue weighted by atomic mass is 9.91. The van der Waals surface area contributed by atoms with Crippen LogP contribution in [0.3, 0.4) is 0 Å². The first kappa shape index (κ1) is 34.7. The Morgan fingerprint density at radius 3 is 1.51 bits per heavy atom. The van der Waals surface area contributed by atoms with E-state index < -0.39 is 0 Å². The predicted octanol–water partition coefficient (Wildman–Crippen LogP) is 1.77. The Hall–Kier alpha value is -0.320. The van der Waals surface area contributed by atoms with Crippen molar-refractivity contribution in [3.05, 3.63) is 0 Å². The minimum absolute atomic E-state index is 0.0694. The fourth-order valence-corrected chi connectivity index (χ4v) is 4.57. The first-order chi connectivity index (χ1) is 16.7. The molecule has 8 heteroatoms. The van der Waals surface area contributed by atoms with Gasteiger partial charge in [-0.3, -0.25) is 4.90 Å². The van der Waals surface area contributed by atoms with Crippen molar-refractivity contribution < 1.29 is 15.3 Å². The third kappa shape index (κ3) is 16.9. The zero-order valence-electron chi connectivity index (χ0n) is 23.8.